The number of hydrogen-bond acceptors (Lipinski definition) is 7. The van der Waals surface area contributed by atoms with Gasteiger partial charge >= 0.3 is 6.09 Å². The number of carbonyl (C=O) groups is 2. The van der Waals surface area contributed by atoms with Gasteiger partial charge in [0, 0.05) is 37.1 Å². The quantitative estimate of drug-likeness (QED) is 0.425. The summed E-state index contributed by atoms with van der Waals surface area (Å²) in [4.78, 5) is 33.4. The van der Waals surface area contributed by atoms with Crippen molar-refractivity contribution >= 4 is 23.5 Å². The molecule has 1 fully saturated rings. The number of ether oxygens (including phenoxy) is 1. The molecule has 2 amide bonds. The van der Waals surface area contributed by atoms with Crippen molar-refractivity contribution in [3.63, 3.8) is 0 Å². The molecule has 0 atom stereocenters. The fourth-order valence-electron chi connectivity index (χ4n) is 4.58. The highest BCUT2D eigenvalue weighted by Gasteiger charge is 2.27. The van der Waals surface area contributed by atoms with Crippen molar-refractivity contribution in [3.8, 4) is 5.82 Å². The van der Waals surface area contributed by atoms with E-state index in [2.05, 4.69) is 30.4 Å². The van der Waals surface area contributed by atoms with Crippen LogP contribution in [0.3, 0.4) is 0 Å². The molecular weight excluding hydrogens is 460 g/mol. The van der Waals surface area contributed by atoms with Crippen molar-refractivity contribution in [1.29, 1.82) is 0 Å². The largest absolute Gasteiger partial charge is 0.453 e. The van der Waals surface area contributed by atoms with Crippen LogP contribution in [-0.2, 0) is 4.74 Å². The minimum atomic E-state index is -0.400. The molecule has 36 heavy (non-hydrogen) atoms. The number of anilines is 1. The van der Waals surface area contributed by atoms with E-state index in [4.69, 9.17) is 5.10 Å². The first-order valence-corrected chi connectivity index (χ1v) is 12.0. The number of hydrogen-bond donors (Lipinski definition) is 2. The Hall–Kier alpha value is -4.28. The van der Waals surface area contributed by atoms with Gasteiger partial charge in [-0.2, -0.15) is 14.9 Å². The number of aryl methyl sites for hydroxylation is 1. The van der Waals surface area contributed by atoms with Crippen LogP contribution in [0.5, 0.6) is 0 Å². The molecule has 11 heteroatoms. The van der Waals surface area contributed by atoms with Crippen LogP contribution >= 0.6 is 0 Å². The second kappa shape index (κ2) is 10.1. The molecule has 5 rings (SSSR count). The van der Waals surface area contributed by atoms with Crippen molar-refractivity contribution in [1.82, 2.24) is 34.7 Å². The molecule has 2 N–H and O–H groups in total. The minimum absolute atomic E-state index is 0.250. The molecule has 0 unspecified atom stereocenters. The van der Waals surface area contributed by atoms with Crippen molar-refractivity contribution in [2.75, 3.05) is 19.0 Å². The van der Waals surface area contributed by atoms with Crippen LogP contribution in [0, 0.1) is 12.8 Å². The number of carbonyl (C=O) groups excluding carboxylic acids is 2. The Morgan fingerprint density at radius 1 is 1.14 bits per heavy atom. The van der Waals surface area contributed by atoms with E-state index >= 15 is 0 Å². The van der Waals surface area contributed by atoms with E-state index < -0.39 is 6.09 Å². The summed E-state index contributed by atoms with van der Waals surface area (Å²) in [7, 11) is 1.37. The Bertz CT molecular complexity index is 1370. The van der Waals surface area contributed by atoms with Crippen molar-refractivity contribution in [3.05, 3.63) is 65.9 Å². The number of pyridine rings is 1. The molecule has 0 radical (unpaired) electrons. The highest BCUT2D eigenvalue weighted by atomic mass is 16.5. The fraction of sp³-hybridized carbons (Fsp3) is 0.360. The lowest BCUT2D eigenvalue weighted by atomic mass is 9.80. The van der Waals surface area contributed by atoms with Gasteiger partial charge in [-0.05, 0) is 56.2 Å². The zero-order valence-electron chi connectivity index (χ0n) is 20.2. The summed E-state index contributed by atoms with van der Waals surface area (Å²) in [5, 5.41) is 14.9. The summed E-state index contributed by atoms with van der Waals surface area (Å²) in [6.45, 7) is 2.58. The second-order valence-electron chi connectivity index (χ2n) is 9.05. The van der Waals surface area contributed by atoms with Gasteiger partial charge in [-0.25, -0.2) is 19.3 Å². The Balaban J connectivity index is 1.37. The summed E-state index contributed by atoms with van der Waals surface area (Å²) in [6, 6.07) is 7.53. The zero-order valence-corrected chi connectivity index (χ0v) is 20.2. The van der Waals surface area contributed by atoms with Crippen LogP contribution in [0.4, 0.5) is 10.6 Å². The average Bonchev–Trinajstić information content (AvgIpc) is 3.53. The molecule has 0 aromatic carbocycles. The van der Waals surface area contributed by atoms with E-state index in [9.17, 15) is 9.59 Å². The normalized spacial score (nSPS) is 17.6. The Morgan fingerprint density at radius 3 is 2.72 bits per heavy atom. The van der Waals surface area contributed by atoms with Gasteiger partial charge in [0.05, 0.1) is 19.0 Å². The van der Waals surface area contributed by atoms with E-state index in [0.29, 0.717) is 35.3 Å². The molecular formula is C25H28N8O3. The predicted octanol–water partition coefficient (Wildman–Crippen LogP) is 3.50. The van der Waals surface area contributed by atoms with E-state index in [1.807, 2.05) is 25.1 Å². The first kappa shape index (κ1) is 23.5. The maximum Gasteiger partial charge on any atom is 0.406 e. The third-order valence-electron chi connectivity index (χ3n) is 6.59. The van der Waals surface area contributed by atoms with Gasteiger partial charge < -0.3 is 15.4 Å². The van der Waals surface area contributed by atoms with Crippen molar-refractivity contribution < 1.29 is 14.3 Å². The second-order valence-corrected chi connectivity index (χ2v) is 9.05. The zero-order chi connectivity index (χ0) is 25.1. The average molecular weight is 489 g/mol. The van der Waals surface area contributed by atoms with Crippen molar-refractivity contribution in [2.24, 2.45) is 5.92 Å². The van der Waals surface area contributed by atoms with Gasteiger partial charge in [-0.3, -0.25) is 4.79 Å². The standard InChI is InChI=1S/C25H28N8O3/c1-16-4-9-21(27-13-16)33-22(30-24(34)19-15-29-32-11-3-10-26-23(19)32)12-20(31-33)18-7-5-17(6-8-18)14-28-25(35)36-2/h3-4,9-13,15,17-18H,5-8,14H2,1-2H3,(H,28,35)(H,30,34). The third-order valence-corrected chi connectivity index (χ3v) is 6.59. The number of amides is 2. The molecule has 1 saturated carbocycles. The van der Waals surface area contributed by atoms with Crippen LogP contribution in [0.2, 0.25) is 0 Å². The van der Waals surface area contributed by atoms with Crippen LogP contribution in [0.15, 0.2) is 49.1 Å². The van der Waals surface area contributed by atoms with Gasteiger partial charge in [0.2, 0.25) is 0 Å². The highest BCUT2D eigenvalue weighted by molar-refractivity contribution is 6.07. The van der Waals surface area contributed by atoms with E-state index in [1.165, 1.54) is 13.3 Å². The smallest absolute Gasteiger partial charge is 0.406 e. The number of methoxy groups -OCH3 is 1. The molecule has 0 bridgehead atoms. The maximum atomic E-state index is 13.2. The van der Waals surface area contributed by atoms with Crippen LogP contribution < -0.4 is 10.6 Å². The van der Waals surface area contributed by atoms with Gasteiger partial charge in [-0.15, -0.1) is 0 Å². The van der Waals surface area contributed by atoms with Crippen LogP contribution in [-0.4, -0.2) is 55.0 Å². The molecule has 1 aliphatic rings. The Morgan fingerprint density at radius 2 is 1.97 bits per heavy atom. The van der Waals surface area contributed by atoms with Crippen LogP contribution in [0.25, 0.3) is 11.5 Å². The minimum Gasteiger partial charge on any atom is -0.453 e. The lowest BCUT2D eigenvalue weighted by Gasteiger charge is -2.27. The molecule has 1 aliphatic carbocycles. The van der Waals surface area contributed by atoms with Gasteiger partial charge in [0.15, 0.2) is 11.5 Å². The number of alkyl carbamates (subject to hydrolysis) is 1. The number of nitrogens with zero attached hydrogens (tertiary/aromatic N) is 6. The van der Waals surface area contributed by atoms with E-state index in [0.717, 1.165) is 36.9 Å². The Labute approximate surface area is 207 Å². The first-order chi connectivity index (χ1) is 17.5. The summed E-state index contributed by atoms with van der Waals surface area (Å²) >= 11 is 0. The molecule has 4 heterocycles. The predicted molar refractivity (Wildman–Crippen MR) is 132 cm³/mol. The summed E-state index contributed by atoms with van der Waals surface area (Å²) in [5.74, 6) is 1.50. The summed E-state index contributed by atoms with van der Waals surface area (Å²) in [6.07, 6.45) is 10.1. The number of rotatable bonds is 6. The topological polar surface area (TPSA) is 128 Å². The molecule has 4 aromatic heterocycles. The molecule has 11 nitrogen and oxygen atoms in total. The number of nitrogens with one attached hydrogen (secondary N) is 2. The van der Waals surface area contributed by atoms with Crippen LogP contribution in [0.1, 0.15) is 53.2 Å². The van der Waals surface area contributed by atoms with Gasteiger partial charge in [0.1, 0.15) is 11.4 Å². The molecule has 0 spiro atoms. The molecule has 0 aliphatic heterocycles. The maximum absolute atomic E-state index is 13.2. The lowest BCUT2D eigenvalue weighted by Crippen LogP contribution is -2.30. The number of aromatic nitrogens is 6. The van der Waals surface area contributed by atoms with Gasteiger partial charge in [0.25, 0.3) is 5.91 Å². The fourth-order valence-corrected chi connectivity index (χ4v) is 4.58. The number of fused-ring (bicyclic) bond motifs is 1. The third kappa shape index (κ3) is 4.90. The van der Waals surface area contributed by atoms with Gasteiger partial charge in [-0.1, -0.05) is 6.07 Å². The van der Waals surface area contributed by atoms with E-state index in [1.54, 1.807) is 33.9 Å². The SMILES string of the molecule is COC(=O)NCC1CCC(c2cc(NC(=O)c3cnn4cccnc34)n(-c3ccc(C)cn3)n2)CC1. The summed E-state index contributed by atoms with van der Waals surface area (Å²) in [5.41, 5.74) is 2.80. The molecule has 0 saturated heterocycles. The van der Waals surface area contributed by atoms with Crippen molar-refractivity contribution in [2.45, 2.75) is 38.5 Å². The lowest BCUT2D eigenvalue weighted by molar-refractivity contribution is 0.102. The monoisotopic (exact) mass is 488 g/mol. The molecule has 186 valence electrons. The Kier molecular flexibility index (Phi) is 6.61. The molecule has 4 aromatic rings. The van der Waals surface area contributed by atoms with E-state index in [-0.39, 0.29) is 11.8 Å². The first-order valence-electron chi connectivity index (χ1n) is 12.0. The summed E-state index contributed by atoms with van der Waals surface area (Å²) < 4.78 is 7.91. The highest BCUT2D eigenvalue weighted by Crippen LogP contribution is 2.36.